The maximum atomic E-state index is 6.39. The number of rotatable bonds is 7. The van der Waals surface area contributed by atoms with Crippen molar-refractivity contribution in [3.8, 4) is 0 Å². The molecule has 0 saturated carbocycles. The van der Waals surface area contributed by atoms with Crippen LogP contribution in [-0.2, 0) is 0 Å². The van der Waals surface area contributed by atoms with Crippen LogP contribution in [0.15, 0.2) is 0 Å². The summed E-state index contributed by atoms with van der Waals surface area (Å²) in [5.41, 5.74) is 0.255. The zero-order valence-electron chi connectivity index (χ0n) is 11.3. The molecule has 15 heavy (non-hydrogen) atoms. The third-order valence-electron chi connectivity index (χ3n) is 3.31. The predicted molar refractivity (Wildman–Crippen MR) is 71.6 cm³/mol. The molecule has 0 heterocycles. The second-order valence-electron chi connectivity index (χ2n) is 5.83. The van der Waals surface area contributed by atoms with Gasteiger partial charge in [0, 0.05) is 5.38 Å². The molecule has 0 aromatic carbocycles. The quantitative estimate of drug-likeness (QED) is 0.499. The van der Waals surface area contributed by atoms with E-state index in [1.54, 1.807) is 0 Å². The van der Waals surface area contributed by atoms with Crippen LogP contribution in [0.5, 0.6) is 0 Å². The van der Waals surface area contributed by atoms with Gasteiger partial charge < -0.3 is 0 Å². The third-order valence-corrected chi connectivity index (χ3v) is 4.18. The second kappa shape index (κ2) is 7.54. The van der Waals surface area contributed by atoms with Gasteiger partial charge in [-0.3, -0.25) is 0 Å². The summed E-state index contributed by atoms with van der Waals surface area (Å²) in [6.07, 6.45) is 7.88. The van der Waals surface area contributed by atoms with Crippen molar-refractivity contribution in [1.82, 2.24) is 0 Å². The smallest absolute Gasteiger partial charge is 0.0384 e. The average molecular weight is 233 g/mol. The number of unbranched alkanes of at least 4 members (excludes halogenated alkanes) is 1. The summed E-state index contributed by atoms with van der Waals surface area (Å²) < 4.78 is 0. The number of hydrogen-bond acceptors (Lipinski definition) is 0. The van der Waals surface area contributed by atoms with Crippen LogP contribution in [0.2, 0.25) is 0 Å². The molecule has 0 aliphatic heterocycles. The zero-order chi connectivity index (χ0) is 11.9. The molecule has 0 nitrogen and oxygen atoms in total. The molecule has 92 valence electrons. The van der Waals surface area contributed by atoms with Crippen LogP contribution in [0, 0.1) is 11.3 Å². The van der Waals surface area contributed by atoms with Crippen LogP contribution in [0.3, 0.4) is 0 Å². The normalized spacial score (nSPS) is 16.4. The van der Waals surface area contributed by atoms with Gasteiger partial charge in [0.05, 0.1) is 0 Å². The largest absolute Gasteiger partial charge is 0.122 e. The number of halogens is 1. The van der Waals surface area contributed by atoms with Gasteiger partial charge in [-0.05, 0) is 24.2 Å². The SMILES string of the molecule is CCCCC(CC)CCC(Cl)C(C)(C)C. The molecule has 0 aliphatic rings. The van der Waals surface area contributed by atoms with E-state index in [9.17, 15) is 0 Å². The highest BCUT2D eigenvalue weighted by molar-refractivity contribution is 6.21. The number of hydrogen-bond donors (Lipinski definition) is 0. The first-order valence-electron chi connectivity index (χ1n) is 6.55. The molecule has 2 atom stereocenters. The fourth-order valence-corrected chi connectivity index (χ4v) is 1.99. The van der Waals surface area contributed by atoms with E-state index >= 15 is 0 Å². The van der Waals surface area contributed by atoms with Gasteiger partial charge in [0.15, 0.2) is 0 Å². The highest BCUT2D eigenvalue weighted by Gasteiger charge is 2.22. The van der Waals surface area contributed by atoms with Crippen LogP contribution in [-0.4, -0.2) is 5.38 Å². The first-order valence-corrected chi connectivity index (χ1v) is 6.99. The molecule has 0 spiro atoms. The Kier molecular flexibility index (Phi) is 7.69. The molecule has 1 heteroatoms. The minimum atomic E-state index is 0.255. The van der Waals surface area contributed by atoms with E-state index in [1.165, 1.54) is 38.5 Å². The molecule has 0 saturated heterocycles. The molecule has 0 N–H and O–H groups in total. The van der Waals surface area contributed by atoms with Crippen LogP contribution in [0.4, 0.5) is 0 Å². The topological polar surface area (TPSA) is 0 Å². The van der Waals surface area contributed by atoms with Gasteiger partial charge in [0.1, 0.15) is 0 Å². The Morgan fingerprint density at radius 3 is 2.00 bits per heavy atom. The molecule has 0 amide bonds. The lowest BCUT2D eigenvalue weighted by Gasteiger charge is -2.26. The van der Waals surface area contributed by atoms with Crippen molar-refractivity contribution < 1.29 is 0 Å². The summed E-state index contributed by atoms with van der Waals surface area (Å²) in [5, 5.41) is 0.327. The van der Waals surface area contributed by atoms with Crippen molar-refractivity contribution in [2.24, 2.45) is 11.3 Å². The molecular weight excluding hydrogens is 204 g/mol. The molecule has 0 rings (SSSR count). The van der Waals surface area contributed by atoms with E-state index in [2.05, 4.69) is 34.6 Å². The van der Waals surface area contributed by atoms with E-state index in [0.29, 0.717) is 5.38 Å². The van der Waals surface area contributed by atoms with Gasteiger partial charge in [0.25, 0.3) is 0 Å². The number of alkyl halides is 1. The predicted octanol–water partition coefficient (Wildman–Crippen LogP) is 5.64. The summed E-state index contributed by atoms with van der Waals surface area (Å²) >= 11 is 6.39. The highest BCUT2D eigenvalue weighted by atomic mass is 35.5. The van der Waals surface area contributed by atoms with Gasteiger partial charge in [-0.2, -0.15) is 0 Å². The highest BCUT2D eigenvalue weighted by Crippen LogP contribution is 2.30. The Bertz CT molecular complexity index is 146. The Hall–Kier alpha value is 0.290. The van der Waals surface area contributed by atoms with Crippen LogP contribution < -0.4 is 0 Å². The Morgan fingerprint density at radius 2 is 1.60 bits per heavy atom. The molecule has 0 aromatic heterocycles. The summed E-state index contributed by atoms with van der Waals surface area (Å²) in [4.78, 5) is 0. The molecular formula is C14H29Cl. The summed E-state index contributed by atoms with van der Waals surface area (Å²) in [5.74, 6) is 0.897. The average Bonchev–Trinajstić information content (AvgIpc) is 2.16. The van der Waals surface area contributed by atoms with E-state index < -0.39 is 0 Å². The molecule has 0 bridgehead atoms. The van der Waals surface area contributed by atoms with E-state index in [-0.39, 0.29) is 5.41 Å². The Balaban J connectivity index is 3.79. The van der Waals surface area contributed by atoms with Gasteiger partial charge in [-0.15, -0.1) is 11.6 Å². The Labute approximate surface area is 102 Å². The lowest BCUT2D eigenvalue weighted by atomic mass is 9.85. The lowest BCUT2D eigenvalue weighted by molar-refractivity contribution is 0.331. The van der Waals surface area contributed by atoms with Gasteiger partial charge in [-0.1, -0.05) is 60.3 Å². The minimum Gasteiger partial charge on any atom is -0.122 e. The zero-order valence-corrected chi connectivity index (χ0v) is 12.0. The summed E-state index contributed by atoms with van der Waals surface area (Å²) in [6, 6.07) is 0. The third kappa shape index (κ3) is 7.22. The van der Waals surface area contributed by atoms with Crippen molar-refractivity contribution >= 4 is 11.6 Å². The standard InChI is InChI=1S/C14H29Cl/c1-6-8-9-12(7-2)10-11-13(15)14(3,4)5/h12-13H,6-11H2,1-5H3. The van der Waals surface area contributed by atoms with E-state index in [0.717, 1.165) is 5.92 Å². The van der Waals surface area contributed by atoms with Gasteiger partial charge in [0.2, 0.25) is 0 Å². The van der Waals surface area contributed by atoms with Crippen molar-refractivity contribution in [1.29, 1.82) is 0 Å². The Morgan fingerprint density at radius 1 is 1.00 bits per heavy atom. The van der Waals surface area contributed by atoms with Crippen LogP contribution >= 0.6 is 11.6 Å². The minimum absolute atomic E-state index is 0.255. The van der Waals surface area contributed by atoms with Crippen molar-refractivity contribution in [3.63, 3.8) is 0 Å². The van der Waals surface area contributed by atoms with Crippen molar-refractivity contribution in [2.75, 3.05) is 0 Å². The van der Waals surface area contributed by atoms with Gasteiger partial charge >= 0.3 is 0 Å². The molecule has 0 radical (unpaired) electrons. The summed E-state index contributed by atoms with van der Waals surface area (Å²) in [6.45, 7) is 11.3. The molecule has 2 unspecified atom stereocenters. The lowest BCUT2D eigenvalue weighted by Crippen LogP contribution is -2.21. The van der Waals surface area contributed by atoms with Crippen LogP contribution in [0.1, 0.15) is 73.1 Å². The van der Waals surface area contributed by atoms with Crippen LogP contribution in [0.25, 0.3) is 0 Å². The maximum absolute atomic E-state index is 6.39. The van der Waals surface area contributed by atoms with Gasteiger partial charge in [-0.25, -0.2) is 0 Å². The van der Waals surface area contributed by atoms with Crippen molar-refractivity contribution in [2.45, 2.75) is 78.5 Å². The summed E-state index contributed by atoms with van der Waals surface area (Å²) in [7, 11) is 0. The molecule has 0 aliphatic carbocycles. The second-order valence-corrected chi connectivity index (χ2v) is 6.35. The molecule has 0 fully saturated rings. The maximum Gasteiger partial charge on any atom is 0.0384 e. The van der Waals surface area contributed by atoms with Crippen molar-refractivity contribution in [3.05, 3.63) is 0 Å². The monoisotopic (exact) mass is 232 g/mol. The first kappa shape index (κ1) is 15.3. The first-order chi connectivity index (χ1) is 6.91. The molecule has 0 aromatic rings. The van der Waals surface area contributed by atoms with E-state index in [4.69, 9.17) is 11.6 Å². The fourth-order valence-electron chi connectivity index (χ4n) is 1.86. The van der Waals surface area contributed by atoms with E-state index in [1.807, 2.05) is 0 Å². The fraction of sp³-hybridized carbons (Fsp3) is 1.00.